The van der Waals surface area contributed by atoms with Crippen LogP contribution in [0.4, 0.5) is 0 Å². The van der Waals surface area contributed by atoms with E-state index in [1.165, 1.54) is 11.1 Å². The van der Waals surface area contributed by atoms with Gasteiger partial charge in [0.1, 0.15) is 5.75 Å². The highest BCUT2D eigenvalue weighted by atomic mass is 16.5. The van der Waals surface area contributed by atoms with Crippen LogP contribution in [0, 0.1) is 0 Å². The summed E-state index contributed by atoms with van der Waals surface area (Å²) in [5.41, 5.74) is 2.39. The van der Waals surface area contributed by atoms with Gasteiger partial charge in [0.15, 0.2) is 0 Å². The lowest BCUT2D eigenvalue weighted by molar-refractivity contribution is 0.298. The molecule has 0 aliphatic rings. The predicted molar refractivity (Wildman–Crippen MR) is 57.9 cm³/mol. The van der Waals surface area contributed by atoms with Crippen LogP contribution in [0.25, 0.3) is 0 Å². The Kier molecular flexibility index (Phi) is 3.96. The Labute approximate surface area is 85.5 Å². The Hall–Kier alpha value is -1.02. The van der Waals surface area contributed by atoms with E-state index in [1.807, 2.05) is 18.2 Å². The summed E-state index contributed by atoms with van der Waals surface area (Å²) in [6.07, 6.45) is 0.699. The molecule has 14 heavy (non-hydrogen) atoms. The molecule has 1 aromatic carbocycles. The van der Waals surface area contributed by atoms with Crippen molar-refractivity contribution in [3.8, 4) is 5.75 Å². The van der Waals surface area contributed by atoms with Gasteiger partial charge in [-0.1, -0.05) is 26.0 Å². The van der Waals surface area contributed by atoms with Crippen LogP contribution >= 0.6 is 0 Å². The summed E-state index contributed by atoms with van der Waals surface area (Å²) in [6.45, 7) is 4.46. The van der Waals surface area contributed by atoms with Crippen molar-refractivity contribution in [1.82, 2.24) is 0 Å². The van der Waals surface area contributed by atoms with E-state index in [-0.39, 0.29) is 6.61 Å². The van der Waals surface area contributed by atoms with Crippen LogP contribution in [0.5, 0.6) is 5.75 Å². The third kappa shape index (κ3) is 2.26. The quantitative estimate of drug-likeness (QED) is 0.797. The second-order valence-corrected chi connectivity index (χ2v) is 3.66. The summed E-state index contributed by atoms with van der Waals surface area (Å²) in [5.74, 6) is 1.35. The van der Waals surface area contributed by atoms with Crippen molar-refractivity contribution in [3.63, 3.8) is 0 Å². The van der Waals surface area contributed by atoms with Gasteiger partial charge in [0.05, 0.1) is 7.11 Å². The van der Waals surface area contributed by atoms with Crippen LogP contribution in [0.3, 0.4) is 0 Å². The summed E-state index contributed by atoms with van der Waals surface area (Å²) in [7, 11) is 1.68. The molecule has 0 amide bonds. The largest absolute Gasteiger partial charge is 0.496 e. The summed E-state index contributed by atoms with van der Waals surface area (Å²) >= 11 is 0. The minimum Gasteiger partial charge on any atom is -0.496 e. The minimum absolute atomic E-state index is 0.187. The van der Waals surface area contributed by atoms with Gasteiger partial charge >= 0.3 is 0 Å². The first-order valence-corrected chi connectivity index (χ1v) is 4.97. The Morgan fingerprint density at radius 3 is 2.57 bits per heavy atom. The molecule has 0 aromatic heterocycles. The number of benzene rings is 1. The maximum atomic E-state index is 8.95. The summed E-state index contributed by atoms with van der Waals surface area (Å²) in [5, 5.41) is 8.95. The Balaban J connectivity index is 3.14. The fourth-order valence-electron chi connectivity index (χ4n) is 1.76. The molecule has 0 heterocycles. The molecule has 1 N–H and O–H groups in total. The Morgan fingerprint density at radius 2 is 2.07 bits per heavy atom. The van der Waals surface area contributed by atoms with Crippen molar-refractivity contribution in [2.24, 2.45) is 0 Å². The first-order valence-electron chi connectivity index (χ1n) is 4.97. The zero-order valence-electron chi connectivity index (χ0n) is 9.08. The number of aliphatic hydroxyl groups excluding tert-OH is 1. The van der Waals surface area contributed by atoms with E-state index in [4.69, 9.17) is 9.84 Å². The summed E-state index contributed by atoms with van der Waals surface area (Å²) < 4.78 is 5.31. The standard InChI is InChI=1S/C12H18O2/c1-9(2)12-10(7-8-13)5-4-6-11(12)14-3/h4-6,9,13H,7-8H2,1-3H3. The number of hydrogen-bond acceptors (Lipinski definition) is 2. The highest BCUT2D eigenvalue weighted by Gasteiger charge is 2.11. The summed E-state index contributed by atoms with van der Waals surface area (Å²) in [4.78, 5) is 0. The van der Waals surface area contributed by atoms with Crippen molar-refractivity contribution in [1.29, 1.82) is 0 Å². The van der Waals surface area contributed by atoms with Crippen molar-refractivity contribution in [3.05, 3.63) is 29.3 Å². The lowest BCUT2D eigenvalue weighted by Crippen LogP contribution is -2.02. The van der Waals surface area contributed by atoms with Gasteiger partial charge in [0.25, 0.3) is 0 Å². The smallest absolute Gasteiger partial charge is 0.122 e. The van der Waals surface area contributed by atoms with E-state index in [9.17, 15) is 0 Å². The van der Waals surface area contributed by atoms with Gasteiger partial charge in [-0.25, -0.2) is 0 Å². The summed E-state index contributed by atoms with van der Waals surface area (Å²) in [6, 6.07) is 5.99. The second-order valence-electron chi connectivity index (χ2n) is 3.66. The number of aliphatic hydroxyl groups is 1. The van der Waals surface area contributed by atoms with Gasteiger partial charge in [-0.3, -0.25) is 0 Å². The molecule has 1 rings (SSSR count). The Bertz CT molecular complexity index is 292. The van der Waals surface area contributed by atoms with Crippen LogP contribution in [0.1, 0.15) is 30.9 Å². The van der Waals surface area contributed by atoms with Crippen LogP contribution in [0.15, 0.2) is 18.2 Å². The van der Waals surface area contributed by atoms with Crippen LogP contribution < -0.4 is 4.74 Å². The highest BCUT2D eigenvalue weighted by Crippen LogP contribution is 2.29. The predicted octanol–water partition coefficient (Wildman–Crippen LogP) is 2.35. The molecule has 0 saturated heterocycles. The number of hydrogen-bond donors (Lipinski definition) is 1. The molecule has 0 unspecified atom stereocenters. The SMILES string of the molecule is COc1cccc(CCO)c1C(C)C. The maximum Gasteiger partial charge on any atom is 0.122 e. The number of methoxy groups -OCH3 is 1. The van der Waals surface area contributed by atoms with Crippen LogP contribution in [-0.2, 0) is 6.42 Å². The zero-order chi connectivity index (χ0) is 10.6. The van der Waals surface area contributed by atoms with Crippen molar-refractivity contribution in [2.75, 3.05) is 13.7 Å². The molecular formula is C12H18O2. The zero-order valence-corrected chi connectivity index (χ0v) is 9.08. The van der Waals surface area contributed by atoms with Crippen molar-refractivity contribution < 1.29 is 9.84 Å². The highest BCUT2D eigenvalue weighted by molar-refractivity contribution is 5.42. The van der Waals surface area contributed by atoms with E-state index in [1.54, 1.807) is 7.11 Å². The fourth-order valence-corrected chi connectivity index (χ4v) is 1.76. The van der Waals surface area contributed by atoms with Crippen molar-refractivity contribution in [2.45, 2.75) is 26.2 Å². The van der Waals surface area contributed by atoms with Gasteiger partial charge in [-0.15, -0.1) is 0 Å². The molecule has 0 bridgehead atoms. The van der Waals surface area contributed by atoms with E-state index < -0.39 is 0 Å². The average Bonchev–Trinajstić information content (AvgIpc) is 2.17. The molecule has 0 spiro atoms. The molecule has 0 saturated carbocycles. The third-order valence-corrected chi connectivity index (χ3v) is 2.33. The van der Waals surface area contributed by atoms with Gasteiger partial charge in [-0.2, -0.15) is 0 Å². The van der Waals surface area contributed by atoms with Crippen molar-refractivity contribution >= 4 is 0 Å². The first kappa shape index (κ1) is 11.1. The van der Waals surface area contributed by atoms with Gasteiger partial charge in [-0.05, 0) is 29.5 Å². The van der Waals surface area contributed by atoms with E-state index in [2.05, 4.69) is 13.8 Å². The maximum absolute atomic E-state index is 8.95. The van der Waals surface area contributed by atoms with Gasteiger partial charge < -0.3 is 9.84 Å². The number of ether oxygens (including phenoxy) is 1. The number of rotatable bonds is 4. The monoisotopic (exact) mass is 194 g/mol. The molecule has 78 valence electrons. The molecular weight excluding hydrogens is 176 g/mol. The normalized spacial score (nSPS) is 10.6. The fraction of sp³-hybridized carbons (Fsp3) is 0.500. The van der Waals surface area contributed by atoms with E-state index in [0.29, 0.717) is 12.3 Å². The van der Waals surface area contributed by atoms with Gasteiger partial charge in [0, 0.05) is 6.61 Å². The first-order chi connectivity index (χ1) is 6.70. The van der Waals surface area contributed by atoms with Gasteiger partial charge in [0.2, 0.25) is 0 Å². The molecule has 0 fully saturated rings. The van der Waals surface area contributed by atoms with E-state index in [0.717, 1.165) is 5.75 Å². The topological polar surface area (TPSA) is 29.5 Å². The van der Waals surface area contributed by atoms with Crippen LogP contribution in [0.2, 0.25) is 0 Å². The minimum atomic E-state index is 0.187. The lowest BCUT2D eigenvalue weighted by Gasteiger charge is -2.16. The molecule has 0 radical (unpaired) electrons. The molecule has 0 atom stereocenters. The molecule has 1 aromatic rings. The molecule has 2 heteroatoms. The third-order valence-electron chi connectivity index (χ3n) is 2.33. The average molecular weight is 194 g/mol. The molecule has 2 nitrogen and oxygen atoms in total. The molecule has 0 aliphatic heterocycles. The second kappa shape index (κ2) is 5.01. The Morgan fingerprint density at radius 1 is 1.36 bits per heavy atom. The lowest BCUT2D eigenvalue weighted by atomic mass is 9.94. The van der Waals surface area contributed by atoms with E-state index >= 15 is 0 Å². The van der Waals surface area contributed by atoms with Crippen LogP contribution in [-0.4, -0.2) is 18.8 Å². The molecule has 0 aliphatic carbocycles.